The van der Waals surface area contributed by atoms with Crippen LogP contribution in [0.3, 0.4) is 0 Å². The van der Waals surface area contributed by atoms with E-state index in [1.54, 1.807) is 0 Å². The van der Waals surface area contributed by atoms with Crippen molar-refractivity contribution in [2.45, 2.75) is 53.1 Å². The van der Waals surface area contributed by atoms with Gasteiger partial charge >= 0.3 is 0 Å². The normalized spacial score (nSPS) is 26.1. The maximum absolute atomic E-state index is 5.89. The van der Waals surface area contributed by atoms with Gasteiger partial charge in [-0.2, -0.15) is 0 Å². The van der Waals surface area contributed by atoms with E-state index in [2.05, 4.69) is 51.2 Å². The Kier molecular flexibility index (Phi) is 5.22. The molecule has 1 aliphatic heterocycles. The molecule has 20 heavy (non-hydrogen) atoms. The summed E-state index contributed by atoms with van der Waals surface area (Å²) in [5.74, 6) is 0. The number of hydrogen-bond acceptors (Lipinski definition) is 2. The highest BCUT2D eigenvalue weighted by Crippen LogP contribution is 2.38. The molecule has 1 aliphatic rings. The summed E-state index contributed by atoms with van der Waals surface area (Å²) in [6, 6.07) is 6.92. The molecule has 112 valence electrons. The largest absolute Gasteiger partial charge is 0.378 e. The number of nitrogens with one attached hydrogen (secondary N) is 1. The first-order valence-electron chi connectivity index (χ1n) is 7.95. The molecule has 0 radical (unpaired) electrons. The molecule has 2 unspecified atom stereocenters. The molecule has 2 rings (SSSR count). The van der Waals surface area contributed by atoms with Crippen molar-refractivity contribution in [2.24, 2.45) is 5.41 Å². The molecule has 2 nitrogen and oxygen atoms in total. The van der Waals surface area contributed by atoms with Crippen molar-refractivity contribution in [3.63, 3.8) is 0 Å². The highest BCUT2D eigenvalue weighted by Gasteiger charge is 2.41. The van der Waals surface area contributed by atoms with Gasteiger partial charge < -0.3 is 10.1 Å². The van der Waals surface area contributed by atoms with Gasteiger partial charge in [-0.3, -0.25) is 0 Å². The van der Waals surface area contributed by atoms with Crippen LogP contribution in [0.25, 0.3) is 0 Å². The number of hydrogen-bond donors (Lipinski definition) is 1. The molecular weight excluding hydrogens is 246 g/mol. The van der Waals surface area contributed by atoms with E-state index in [0.29, 0.717) is 6.10 Å². The molecule has 0 amide bonds. The Morgan fingerprint density at radius 2 is 1.95 bits per heavy atom. The Balaban J connectivity index is 2.15. The molecule has 1 heterocycles. The predicted molar refractivity (Wildman–Crippen MR) is 85.2 cm³/mol. The van der Waals surface area contributed by atoms with Gasteiger partial charge in [0.1, 0.15) is 0 Å². The summed E-state index contributed by atoms with van der Waals surface area (Å²) in [6.45, 7) is 11.9. The Hall–Kier alpha value is -0.860. The van der Waals surface area contributed by atoms with Crippen molar-refractivity contribution >= 4 is 0 Å². The van der Waals surface area contributed by atoms with E-state index >= 15 is 0 Å². The first-order valence-corrected chi connectivity index (χ1v) is 7.95. The minimum Gasteiger partial charge on any atom is -0.378 e. The summed E-state index contributed by atoms with van der Waals surface area (Å²) in [7, 11) is 0. The van der Waals surface area contributed by atoms with Gasteiger partial charge in [0, 0.05) is 18.6 Å². The van der Waals surface area contributed by atoms with Gasteiger partial charge in [-0.25, -0.2) is 0 Å². The molecule has 0 bridgehead atoms. The van der Waals surface area contributed by atoms with Crippen molar-refractivity contribution in [2.75, 3.05) is 19.7 Å². The van der Waals surface area contributed by atoms with Crippen LogP contribution in [0.4, 0.5) is 0 Å². The average Bonchev–Trinajstić information content (AvgIpc) is 2.70. The Labute approximate surface area is 123 Å². The molecule has 1 aromatic rings. The highest BCUT2D eigenvalue weighted by atomic mass is 16.5. The number of benzene rings is 1. The maximum Gasteiger partial charge on any atom is 0.0619 e. The molecule has 0 saturated carbocycles. The van der Waals surface area contributed by atoms with Gasteiger partial charge in [-0.15, -0.1) is 0 Å². The molecule has 2 atom stereocenters. The van der Waals surface area contributed by atoms with Gasteiger partial charge in [0.2, 0.25) is 0 Å². The van der Waals surface area contributed by atoms with Crippen LogP contribution in [-0.2, 0) is 11.2 Å². The van der Waals surface area contributed by atoms with Crippen LogP contribution in [-0.4, -0.2) is 25.8 Å². The van der Waals surface area contributed by atoms with Gasteiger partial charge in [-0.1, -0.05) is 36.2 Å². The second kappa shape index (κ2) is 6.73. The van der Waals surface area contributed by atoms with Crippen molar-refractivity contribution in [1.82, 2.24) is 5.32 Å². The monoisotopic (exact) mass is 275 g/mol. The van der Waals surface area contributed by atoms with Crippen molar-refractivity contribution in [1.29, 1.82) is 0 Å². The van der Waals surface area contributed by atoms with E-state index in [0.717, 1.165) is 32.5 Å². The first-order chi connectivity index (χ1) is 9.55. The highest BCUT2D eigenvalue weighted by molar-refractivity contribution is 5.29. The Morgan fingerprint density at radius 3 is 2.50 bits per heavy atom. The summed E-state index contributed by atoms with van der Waals surface area (Å²) < 4.78 is 5.89. The van der Waals surface area contributed by atoms with Crippen molar-refractivity contribution in [3.05, 3.63) is 34.9 Å². The average molecular weight is 275 g/mol. The van der Waals surface area contributed by atoms with Gasteiger partial charge in [0.05, 0.1) is 6.10 Å². The molecular formula is C18H29NO. The van der Waals surface area contributed by atoms with Crippen molar-refractivity contribution < 1.29 is 4.74 Å². The Morgan fingerprint density at radius 1 is 1.25 bits per heavy atom. The fourth-order valence-electron chi connectivity index (χ4n) is 3.44. The van der Waals surface area contributed by atoms with Crippen LogP contribution in [0.1, 0.15) is 43.4 Å². The second-order valence-electron chi connectivity index (χ2n) is 6.47. The SMILES string of the molecule is CCCNCC1(Cc2cc(C)cc(C)c2)CCOC1C. The molecule has 0 aliphatic carbocycles. The van der Waals surface area contributed by atoms with Gasteiger partial charge in [0.25, 0.3) is 0 Å². The number of ether oxygens (including phenoxy) is 1. The van der Waals surface area contributed by atoms with Crippen LogP contribution in [0.15, 0.2) is 18.2 Å². The van der Waals surface area contributed by atoms with E-state index in [4.69, 9.17) is 4.74 Å². The van der Waals surface area contributed by atoms with E-state index < -0.39 is 0 Å². The van der Waals surface area contributed by atoms with E-state index in [1.165, 1.54) is 23.1 Å². The molecule has 1 saturated heterocycles. The summed E-state index contributed by atoms with van der Waals surface area (Å²) in [5.41, 5.74) is 4.44. The van der Waals surface area contributed by atoms with Crippen LogP contribution < -0.4 is 5.32 Å². The minimum atomic E-state index is 0.259. The molecule has 1 fully saturated rings. The zero-order valence-corrected chi connectivity index (χ0v) is 13.5. The fraction of sp³-hybridized carbons (Fsp3) is 0.667. The maximum atomic E-state index is 5.89. The smallest absolute Gasteiger partial charge is 0.0619 e. The standard InChI is InChI=1S/C18H29NO/c1-5-7-19-13-18(6-8-20-16(18)4)12-17-10-14(2)9-15(3)11-17/h9-11,16,19H,5-8,12-13H2,1-4H3. The topological polar surface area (TPSA) is 21.3 Å². The molecule has 2 heteroatoms. The van der Waals surface area contributed by atoms with Crippen molar-refractivity contribution in [3.8, 4) is 0 Å². The van der Waals surface area contributed by atoms with Gasteiger partial charge in [-0.05, 0) is 52.1 Å². The molecule has 1 aromatic carbocycles. The lowest BCUT2D eigenvalue weighted by Crippen LogP contribution is -2.41. The van der Waals surface area contributed by atoms with E-state index in [1.807, 2.05) is 0 Å². The van der Waals surface area contributed by atoms with Crippen LogP contribution in [0, 0.1) is 19.3 Å². The van der Waals surface area contributed by atoms with E-state index in [-0.39, 0.29) is 5.41 Å². The van der Waals surface area contributed by atoms with Gasteiger partial charge in [0.15, 0.2) is 0 Å². The zero-order chi connectivity index (χ0) is 14.6. The second-order valence-corrected chi connectivity index (χ2v) is 6.47. The quantitative estimate of drug-likeness (QED) is 0.800. The first kappa shape index (κ1) is 15.5. The summed E-state index contributed by atoms with van der Waals surface area (Å²) in [4.78, 5) is 0. The fourth-order valence-corrected chi connectivity index (χ4v) is 3.44. The third-order valence-electron chi connectivity index (χ3n) is 4.57. The zero-order valence-electron chi connectivity index (χ0n) is 13.5. The van der Waals surface area contributed by atoms with Crippen LogP contribution >= 0.6 is 0 Å². The summed E-state index contributed by atoms with van der Waals surface area (Å²) in [6.07, 6.45) is 3.81. The molecule has 0 aromatic heterocycles. The summed E-state index contributed by atoms with van der Waals surface area (Å²) in [5, 5.41) is 3.62. The number of rotatable bonds is 6. The lowest BCUT2D eigenvalue weighted by molar-refractivity contribution is 0.0631. The van der Waals surface area contributed by atoms with E-state index in [9.17, 15) is 0 Å². The lowest BCUT2D eigenvalue weighted by Gasteiger charge is -2.33. The number of aryl methyl sites for hydroxylation is 2. The molecule has 1 N–H and O–H groups in total. The third-order valence-corrected chi connectivity index (χ3v) is 4.57. The minimum absolute atomic E-state index is 0.259. The predicted octanol–water partition coefficient (Wildman–Crippen LogP) is 3.64. The lowest BCUT2D eigenvalue weighted by atomic mass is 9.76. The Bertz CT molecular complexity index is 423. The van der Waals surface area contributed by atoms with Crippen LogP contribution in [0.2, 0.25) is 0 Å². The molecule has 0 spiro atoms. The van der Waals surface area contributed by atoms with Crippen LogP contribution in [0.5, 0.6) is 0 Å². The third kappa shape index (κ3) is 3.62. The summed E-state index contributed by atoms with van der Waals surface area (Å²) >= 11 is 0.